The largest absolute Gasteiger partial charge is 0.444 e. The number of fused-ring (bicyclic) bond motifs is 1. The van der Waals surface area contributed by atoms with Gasteiger partial charge in [-0.2, -0.15) is 4.99 Å². The van der Waals surface area contributed by atoms with Gasteiger partial charge in [0.1, 0.15) is 11.6 Å². The number of benzene rings is 2. The highest BCUT2D eigenvalue weighted by Gasteiger charge is 2.48. The summed E-state index contributed by atoms with van der Waals surface area (Å²) >= 11 is 1.32. The molecule has 10 heteroatoms. The Balaban J connectivity index is 1.59. The Bertz CT molecular complexity index is 1230. The van der Waals surface area contributed by atoms with Crippen molar-refractivity contribution in [3.05, 3.63) is 71.8 Å². The second-order valence-electron chi connectivity index (χ2n) is 10.0. The molecule has 36 heavy (non-hydrogen) atoms. The van der Waals surface area contributed by atoms with Gasteiger partial charge in [-0.15, -0.1) is 0 Å². The summed E-state index contributed by atoms with van der Waals surface area (Å²) in [5, 5.41) is 2.98. The van der Waals surface area contributed by atoms with Gasteiger partial charge in [0.15, 0.2) is 15.0 Å². The van der Waals surface area contributed by atoms with E-state index >= 15 is 0 Å². The molecule has 192 valence electrons. The summed E-state index contributed by atoms with van der Waals surface area (Å²) in [5.41, 5.74) is 1.15. The Morgan fingerprint density at radius 2 is 1.67 bits per heavy atom. The third-order valence-corrected chi connectivity index (χ3v) is 9.10. The van der Waals surface area contributed by atoms with Crippen LogP contribution in [0.4, 0.5) is 4.79 Å². The topological polar surface area (TPSA) is 105 Å². The highest BCUT2D eigenvalue weighted by atomic mass is 32.2. The van der Waals surface area contributed by atoms with Crippen molar-refractivity contribution in [2.45, 2.75) is 56.7 Å². The Hall–Kier alpha value is -2.85. The zero-order chi connectivity index (χ0) is 25.9. The number of alkyl carbamates (subject to hydrolysis) is 1. The minimum atomic E-state index is -3.15. The molecule has 8 nitrogen and oxygen atoms in total. The van der Waals surface area contributed by atoms with Crippen molar-refractivity contribution in [2.75, 3.05) is 11.5 Å². The highest BCUT2D eigenvalue weighted by molar-refractivity contribution is 8.15. The molecule has 1 N–H and O–H groups in total. The molecular formula is C26H31N3O5S2. The summed E-state index contributed by atoms with van der Waals surface area (Å²) in [6.07, 6.45) is -0.444. The van der Waals surface area contributed by atoms with Gasteiger partial charge in [0.05, 0.1) is 17.5 Å². The molecule has 2 aliphatic rings. The third kappa shape index (κ3) is 6.88. The molecule has 2 fully saturated rings. The van der Waals surface area contributed by atoms with Gasteiger partial charge < -0.3 is 15.0 Å². The predicted octanol–water partition coefficient (Wildman–Crippen LogP) is 3.42. The summed E-state index contributed by atoms with van der Waals surface area (Å²) < 4.78 is 30.0. The first-order chi connectivity index (χ1) is 17.0. The smallest absolute Gasteiger partial charge is 0.408 e. The van der Waals surface area contributed by atoms with E-state index in [1.807, 2.05) is 65.6 Å². The molecule has 0 aromatic heterocycles. The fraction of sp³-hybridized carbons (Fsp3) is 0.423. The minimum Gasteiger partial charge on any atom is -0.444 e. The van der Waals surface area contributed by atoms with Gasteiger partial charge in [0.25, 0.3) is 5.91 Å². The van der Waals surface area contributed by atoms with Crippen LogP contribution in [-0.2, 0) is 32.3 Å². The van der Waals surface area contributed by atoms with Gasteiger partial charge in [-0.1, -0.05) is 72.4 Å². The first-order valence-corrected chi connectivity index (χ1v) is 14.5. The lowest BCUT2D eigenvalue weighted by Gasteiger charge is -2.25. The molecule has 2 amide bonds. The van der Waals surface area contributed by atoms with Crippen molar-refractivity contribution in [3.63, 3.8) is 0 Å². The van der Waals surface area contributed by atoms with Crippen molar-refractivity contribution < 1.29 is 22.7 Å². The molecule has 0 radical (unpaired) electrons. The highest BCUT2D eigenvalue weighted by Crippen LogP contribution is 2.39. The van der Waals surface area contributed by atoms with Gasteiger partial charge in [0.2, 0.25) is 0 Å². The van der Waals surface area contributed by atoms with Gasteiger partial charge in [-0.05, 0) is 31.9 Å². The number of ether oxygens (including phenoxy) is 1. The lowest BCUT2D eigenvalue weighted by atomic mass is 10.1. The second kappa shape index (κ2) is 10.6. The monoisotopic (exact) mass is 529 g/mol. The zero-order valence-electron chi connectivity index (χ0n) is 20.6. The SMILES string of the molecule is CC(C)(C)OC(=O)N[C@@H](Cc1ccccc1)C(=O)N=C1S[C@H]2CS(=O)(=O)C[C@@H]2N1Cc1ccccc1. The van der Waals surface area contributed by atoms with Crippen molar-refractivity contribution in [2.24, 2.45) is 4.99 Å². The van der Waals surface area contributed by atoms with Crippen LogP contribution in [-0.4, -0.2) is 64.9 Å². The molecule has 0 unspecified atom stereocenters. The fourth-order valence-corrected chi connectivity index (χ4v) is 8.23. The molecule has 2 heterocycles. The van der Waals surface area contributed by atoms with Crippen molar-refractivity contribution >= 4 is 38.8 Å². The maximum atomic E-state index is 13.4. The fourth-order valence-electron chi connectivity index (χ4n) is 4.27. The van der Waals surface area contributed by atoms with Gasteiger partial charge in [-0.25, -0.2) is 13.2 Å². The normalized spacial score (nSPS) is 22.8. The van der Waals surface area contributed by atoms with Crippen LogP contribution in [0.2, 0.25) is 0 Å². The van der Waals surface area contributed by atoms with Crippen LogP contribution in [0.3, 0.4) is 0 Å². The molecule has 0 spiro atoms. The van der Waals surface area contributed by atoms with Crippen molar-refractivity contribution in [1.29, 1.82) is 0 Å². The molecule has 2 saturated heterocycles. The van der Waals surface area contributed by atoms with E-state index in [0.717, 1.165) is 11.1 Å². The van der Waals surface area contributed by atoms with Crippen LogP contribution >= 0.6 is 11.8 Å². The average molecular weight is 530 g/mol. The van der Waals surface area contributed by atoms with Crippen molar-refractivity contribution in [3.8, 4) is 0 Å². The number of carbonyl (C=O) groups is 2. The Morgan fingerprint density at radius 3 is 2.28 bits per heavy atom. The van der Waals surface area contributed by atoms with Crippen LogP contribution in [0.1, 0.15) is 31.9 Å². The summed E-state index contributed by atoms with van der Waals surface area (Å²) in [4.78, 5) is 32.3. The number of amides is 2. The van der Waals surface area contributed by atoms with E-state index in [0.29, 0.717) is 11.7 Å². The van der Waals surface area contributed by atoms with Crippen LogP contribution in [0, 0.1) is 0 Å². The van der Waals surface area contributed by atoms with E-state index in [1.165, 1.54) is 11.8 Å². The molecule has 2 aromatic rings. The lowest BCUT2D eigenvalue weighted by molar-refractivity contribution is -0.119. The molecule has 0 bridgehead atoms. The Morgan fingerprint density at radius 1 is 1.06 bits per heavy atom. The van der Waals surface area contributed by atoms with E-state index in [2.05, 4.69) is 10.3 Å². The zero-order valence-corrected chi connectivity index (χ0v) is 22.2. The van der Waals surface area contributed by atoms with E-state index in [-0.39, 0.29) is 29.2 Å². The molecule has 4 rings (SSSR count). The van der Waals surface area contributed by atoms with E-state index in [9.17, 15) is 18.0 Å². The van der Waals surface area contributed by atoms with E-state index < -0.39 is 33.5 Å². The predicted molar refractivity (Wildman–Crippen MR) is 142 cm³/mol. The number of nitrogens with zero attached hydrogens (tertiary/aromatic N) is 2. The Kier molecular flexibility index (Phi) is 7.75. The molecular weight excluding hydrogens is 498 g/mol. The van der Waals surface area contributed by atoms with Crippen molar-refractivity contribution in [1.82, 2.24) is 10.2 Å². The van der Waals surface area contributed by atoms with Crippen LogP contribution < -0.4 is 5.32 Å². The van der Waals surface area contributed by atoms with Gasteiger partial charge in [-0.3, -0.25) is 4.79 Å². The minimum absolute atomic E-state index is 0.0360. The molecule has 0 aliphatic carbocycles. The number of thioether (sulfide) groups is 1. The molecule has 2 aromatic carbocycles. The average Bonchev–Trinajstić information content (AvgIpc) is 3.25. The number of nitrogens with one attached hydrogen (secondary N) is 1. The maximum Gasteiger partial charge on any atom is 0.408 e. The Labute approximate surface area is 216 Å². The number of hydrogen-bond acceptors (Lipinski definition) is 6. The summed E-state index contributed by atoms with van der Waals surface area (Å²) in [6, 6.07) is 17.9. The summed E-state index contributed by atoms with van der Waals surface area (Å²) in [7, 11) is -3.15. The number of sulfone groups is 1. The quantitative estimate of drug-likeness (QED) is 0.611. The summed E-state index contributed by atoms with van der Waals surface area (Å²) in [5.74, 6) is -0.410. The van der Waals surface area contributed by atoms with Crippen LogP contribution in [0.5, 0.6) is 0 Å². The van der Waals surface area contributed by atoms with E-state index in [1.54, 1.807) is 20.8 Å². The molecule has 3 atom stereocenters. The standard InChI is InChI=1S/C26H31N3O5S2/c1-26(2,3)34-25(31)27-20(14-18-10-6-4-7-11-18)23(30)28-24-29(15-19-12-8-5-9-13-19)21-16-36(32,33)17-22(21)35-24/h4-13,20-22H,14-17H2,1-3H3,(H,27,31)/t20-,21-,22-/m0/s1. The third-order valence-electron chi connectivity index (χ3n) is 5.85. The first-order valence-electron chi connectivity index (χ1n) is 11.8. The van der Waals surface area contributed by atoms with Crippen LogP contribution in [0.25, 0.3) is 0 Å². The lowest BCUT2D eigenvalue weighted by Crippen LogP contribution is -2.45. The molecule has 2 aliphatic heterocycles. The van der Waals surface area contributed by atoms with Gasteiger partial charge >= 0.3 is 6.09 Å². The van der Waals surface area contributed by atoms with Crippen LogP contribution in [0.15, 0.2) is 65.7 Å². The second-order valence-corrected chi connectivity index (χ2v) is 13.4. The maximum absolute atomic E-state index is 13.4. The van der Waals surface area contributed by atoms with E-state index in [4.69, 9.17) is 4.74 Å². The number of carbonyl (C=O) groups excluding carboxylic acids is 2. The first kappa shape index (κ1) is 26.2. The number of hydrogen-bond donors (Lipinski definition) is 1. The molecule has 0 saturated carbocycles. The summed E-state index contributed by atoms with van der Waals surface area (Å²) in [6.45, 7) is 5.71. The number of rotatable bonds is 6. The van der Waals surface area contributed by atoms with Gasteiger partial charge in [0, 0.05) is 18.2 Å². The number of amidine groups is 1. The number of aliphatic imine (C=N–C) groups is 1.